The van der Waals surface area contributed by atoms with E-state index in [1.165, 1.54) is 19.2 Å². The second-order valence-electron chi connectivity index (χ2n) is 5.03. The van der Waals surface area contributed by atoms with Crippen molar-refractivity contribution in [1.82, 2.24) is 9.97 Å². The second kappa shape index (κ2) is 6.62. The van der Waals surface area contributed by atoms with Crippen molar-refractivity contribution in [2.24, 2.45) is 0 Å². The third-order valence-electron chi connectivity index (χ3n) is 3.50. The van der Waals surface area contributed by atoms with Gasteiger partial charge >= 0.3 is 0 Å². The highest BCUT2D eigenvalue weighted by Crippen LogP contribution is 2.23. The molecule has 114 valence electrons. The molecule has 1 N–H and O–H groups in total. The third kappa shape index (κ3) is 3.39. The van der Waals surface area contributed by atoms with Crippen LogP contribution in [0.1, 0.15) is 23.2 Å². The van der Waals surface area contributed by atoms with Gasteiger partial charge in [0, 0.05) is 23.6 Å². The Morgan fingerprint density at radius 2 is 2.00 bits per heavy atom. The summed E-state index contributed by atoms with van der Waals surface area (Å²) in [7, 11) is 0. The monoisotopic (exact) mass is 380 g/mol. The fourth-order valence-electron chi connectivity index (χ4n) is 2.39. The van der Waals surface area contributed by atoms with Gasteiger partial charge in [0.05, 0.1) is 10.6 Å². The van der Waals surface area contributed by atoms with Crippen molar-refractivity contribution < 1.29 is 4.79 Å². The topological polar surface area (TPSA) is 58.1 Å². The van der Waals surface area contributed by atoms with Crippen molar-refractivity contribution in [1.29, 1.82) is 0 Å². The van der Waals surface area contributed by atoms with Crippen molar-refractivity contribution in [3.05, 3.63) is 45.7 Å². The van der Waals surface area contributed by atoms with E-state index in [0.717, 1.165) is 23.4 Å². The molecule has 1 aromatic heterocycles. The van der Waals surface area contributed by atoms with Crippen molar-refractivity contribution in [2.45, 2.75) is 12.8 Å². The zero-order valence-electron chi connectivity index (χ0n) is 11.7. The second-order valence-corrected chi connectivity index (χ2v) is 6.36. The van der Waals surface area contributed by atoms with Gasteiger partial charge in [0.2, 0.25) is 0 Å². The molecule has 0 atom stereocenters. The van der Waals surface area contributed by atoms with E-state index < -0.39 is 0 Å². The van der Waals surface area contributed by atoms with Crippen LogP contribution >= 0.6 is 27.5 Å². The summed E-state index contributed by atoms with van der Waals surface area (Å²) in [4.78, 5) is 22.9. The Kier molecular flexibility index (Phi) is 4.59. The van der Waals surface area contributed by atoms with Gasteiger partial charge in [0.25, 0.3) is 5.91 Å². The van der Waals surface area contributed by atoms with Crippen LogP contribution in [0.25, 0.3) is 0 Å². The normalized spacial score (nSPS) is 14.2. The molecule has 0 unspecified atom stereocenters. The predicted octanol–water partition coefficient (Wildman–Crippen LogP) is 3.75. The van der Waals surface area contributed by atoms with Gasteiger partial charge in [-0.25, -0.2) is 9.97 Å². The number of amides is 1. The van der Waals surface area contributed by atoms with Gasteiger partial charge in [-0.1, -0.05) is 27.5 Å². The molecule has 22 heavy (non-hydrogen) atoms. The summed E-state index contributed by atoms with van der Waals surface area (Å²) >= 11 is 9.40. The molecule has 1 amide bonds. The number of rotatable bonds is 3. The first-order chi connectivity index (χ1) is 10.6. The number of carbonyl (C=O) groups is 1. The highest BCUT2D eigenvalue weighted by Gasteiger charge is 2.16. The summed E-state index contributed by atoms with van der Waals surface area (Å²) in [5.41, 5.74) is 0.400. The maximum atomic E-state index is 12.3. The number of nitrogens with one attached hydrogen (secondary N) is 1. The van der Waals surface area contributed by atoms with E-state index in [2.05, 4.69) is 36.1 Å². The molecular weight excluding hydrogens is 368 g/mol. The van der Waals surface area contributed by atoms with Crippen LogP contribution in [0.5, 0.6) is 0 Å². The van der Waals surface area contributed by atoms with Crippen LogP contribution in [0.4, 0.5) is 11.6 Å². The van der Waals surface area contributed by atoms with Crippen molar-refractivity contribution in [3.63, 3.8) is 0 Å². The minimum Gasteiger partial charge on any atom is -0.356 e. The molecule has 0 bridgehead atoms. The lowest BCUT2D eigenvalue weighted by Crippen LogP contribution is -2.20. The Hall–Kier alpha value is -1.66. The van der Waals surface area contributed by atoms with Crippen LogP contribution in [-0.4, -0.2) is 29.0 Å². The molecule has 1 aromatic carbocycles. The number of hydrogen-bond donors (Lipinski definition) is 1. The Labute approximate surface area is 141 Å². The summed E-state index contributed by atoms with van der Waals surface area (Å²) in [6.45, 7) is 1.98. The molecule has 3 rings (SSSR count). The summed E-state index contributed by atoms with van der Waals surface area (Å²) in [5, 5.41) is 3.17. The van der Waals surface area contributed by atoms with Gasteiger partial charge in [0.1, 0.15) is 18.0 Å². The van der Waals surface area contributed by atoms with Crippen molar-refractivity contribution in [3.8, 4) is 0 Å². The molecule has 1 aliphatic heterocycles. The molecule has 7 heteroatoms. The average molecular weight is 382 g/mol. The van der Waals surface area contributed by atoms with Gasteiger partial charge in [0.15, 0.2) is 0 Å². The van der Waals surface area contributed by atoms with Gasteiger partial charge in [-0.3, -0.25) is 4.79 Å². The third-order valence-corrected chi connectivity index (χ3v) is 4.32. The summed E-state index contributed by atoms with van der Waals surface area (Å²) in [6.07, 6.45) is 3.80. The minimum absolute atomic E-state index is 0.294. The van der Waals surface area contributed by atoms with E-state index in [4.69, 9.17) is 11.6 Å². The lowest BCUT2D eigenvalue weighted by molar-refractivity contribution is 0.102. The Balaban J connectivity index is 1.79. The van der Waals surface area contributed by atoms with Crippen LogP contribution in [0, 0.1) is 0 Å². The maximum absolute atomic E-state index is 12.3. The summed E-state index contributed by atoms with van der Waals surface area (Å²) < 4.78 is 0.794. The Morgan fingerprint density at radius 1 is 1.23 bits per heavy atom. The highest BCUT2D eigenvalue weighted by atomic mass is 79.9. The van der Waals surface area contributed by atoms with Gasteiger partial charge in [-0.15, -0.1) is 0 Å². The average Bonchev–Trinajstić information content (AvgIpc) is 3.04. The number of carbonyl (C=O) groups excluding carboxylic acids is 1. The molecule has 0 aliphatic carbocycles. The quantitative estimate of drug-likeness (QED) is 0.880. The van der Waals surface area contributed by atoms with Crippen LogP contribution in [0.15, 0.2) is 35.1 Å². The first kappa shape index (κ1) is 15.2. The predicted molar refractivity (Wildman–Crippen MR) is 90.6 cm³/mol. The van der Waals surface area contributed by atoms with Crippen LogP contribution in [0.3, 0.4) is 0 Å². The minimum atomic E-state index is -0.294. The van der Waals surface area contributed by atoms with E-state index in [9.17, 15) is 4.79 Å². The first-order valence-corrected chi connectivity index (χ1v) is 8.14. The zero-order valence-corrected chi connectivity index (χ0v) is 14.1. The molecule has 1 aliphatic rings. The van der Waals surface area contributed by atoms with Crippen molar-refractivity contribution in [2.75, 3.05) is 23.3 Å². The number of halogens is 2. The molecule has 0 radical (unpaired) electrons. The van der Waals surface area contributed by atoms with Crippen LogP contribution in [-0.2, 0) is 0 Å². The number of nitrogens with zero attached hydrogens (tertiary/aromatic N) is 3. The number of hydrogen-bond acceptors (Lipinski definition) is 4. The lowest BCUT2D eigenvalue weighted by Gasteiger charge is -2.16. The maximum Gasteiger partial charge on any atom is 0.258 e. The van der Waals surface area contributed by atoms with E-state index in [1.807, 2.05) is 0 Å². The fraction of sp³-hybridized carbons (Fsp3) is 0.267. The molecular formula is C15H14BrClN4O. The van der Waals surface area contributed by atoms with E-state index in [1.54, 1.807) is 24.3 Å². The standard InChI is InChI=1S/C15H14BrClN4O/c16-10-3-4-12(17)11(7-10)15(22)20-13-8-14(19-9-18-13)21-5-1-2-6-21/h3-4,7-9H,1-2,5-6H2,(H,18,19,20,22). The van der Waals surface area contributed by atoms with Gasteiger partial charge in [-0.2, -0.15) is 0 Å². The first-order valence-electron chi connectivity index (χ1n) is 6.97. The molecule has 0 saturated carbocycles. The van der Waals surface area contributed by atoms with Crippen molar-refractivity contribution >= 4 is 45.1 Å². The molecule has 5 nitrogen and oxygen atoms in total. The highest BCUT2D eigenvalue weighted by molar-refractivity contribution is 9.10. The van der Waals surface area contributed by atoms with E-state index >= 15 is 0 Å². The van der Waals surface area contributed by atoms with E-state index in [0.29, 0.717) is 16.4 Å². The number of anilines is 2. The summed E-state index contributed by atoms with van der Waals surface area (Å²) in [6, 6.07) is 6.93. The Bertz CT molecular complexity index is 704. The molecule has 2 aromatic rings. The largest absolute Gasteiger partial charge is 0.356 e. The van der Waals surface area contributed by atoms with Crippen LogP contribution < -0.4 is 10.2 Å². The zero-order chi connectivity index (χ0) is 15.5. The molecule has 1 saturated heterocycles. The van der Waals surface area contributed by atoms with Crippen LogP contribution in [0.2, 0.25) is 5.02 Å². The smallest absolute Gasteiger partial charge is 0.258 e. The van der Waals surface area contributed by atoms with Gasteiger partial charge in [-0.05, 0) is 31.0 Å². The molecule has 1 fully saturated rings. The Morgan fingerprint density at radius 3 is 2.77 bits per heavy atom. The number of aromatic nitrogens is 2. The fourth-order valence-corrected chi connectivity index (χ4v) is 2.95. The molecule has 0 spiro atoms. The lowest BCUT2D eigenvalue weighted by atomic mass is 10.2. The number of benzene rings is 1. The SMILES string of the molecule is O=C(Nc1cc(N2CCCC2)ncn1)c1cc(Br)ccc1Cl. The molecule has 2 heterocycles. The summed E-state index contributed by atoms with van der Waals surface area (Å²) in [5.74, 6) is 1.01. The van der Waals surface area contributed by atoms with Gasteiger partial charge < -0.3 is 10.2 Å². The van der Waals surface area contributed by atoms with E-state index in [-0.39, 0.29) is 5.91 Å².